The summed E-state index contributed by atoms with van der Waals surface area (Å²) in [7, 11) is 0. The number of hydrogen-bond acceptors (Lipinski definition) is 5. The van der Waals surface area contributed by atoms with Crippen LogP contribution in [0.5, 0.6) is 5.95 Å². The minimum atomic E-state index is -0.225. The molecular weight excluding hydrogens is 290 g/mol. The molecule has 0 radical (unpaired) electrons. The van der Waals surface area contributed by atoms with Gasteiger partial charge in [0.1, 0.15) is 0 Å². The lowest BCUT2D eigenvalue weighted by molar-refractivity contribution is 0.336. The number of rotatable bonds is 4. The zero-order chi connectivity index (χ0) is 16.2. The molecule has 2 heterocycles. The van der Waals surface area contributed by atoms with Crippen LogP contribution in [0.3, 0.4) is 0 Å². The molecule has 2 aromatic heterocycles. The van der Waals surface area contributed by atoms with Gasteiger partial charge in [-0.1, -0.05) is 31.2 Å². The first-order valence-corrected chi connectivity index (χ1v) is 7.44. The van der Waals surface area contributed by atoms with Gasteiger partial charge in [-0.3, -0.25) is 0 Å². The Labute approximate surface area is 134 Å². The summed E-state index contributed by atoms with van der Waals surface area (Å²) >= 11 is 0. The van der Waals surface area contributed by atoms with E-state index < -0.39 is 0 Å². The number of oxazole rings is 1. The molecule has 1 aromatic carbocycles. The van der Waals surface area contributed by atoms with Gasteiger partial charge in [0.2, 0.25) is 5.89 Å². The van der Waals surface area contributed by atoms with Gasteiger partial charge >= 0.3 is 5.95 Å². The van der Waals surface area contributed by atoms with E-state index in [4.69, 9.17) is 4.42 Å². The van der Waals surface area contributed by atoms with Crippen molar-refractivity contribution in [3.8, 4) is 17.4 Å². The number of aromatic nitrogens is 2. The fourth-order valence-electron chi connectivity index (χ4n) is 2.23. The van der Waals surface area contributed by atoms with E-state index in [1.54, 1.807) is 0 Å². The molecule has 0 aliphatic heterocycles. The molecular formula is C18H17N3O2. The Morgan fingerprint density at radius 2 is 1.87 bits per heavy atom. The van der Waals surface area contributed by atoms with Crippen LogP contribution in [0.2, 0.25) is 0 Å². The van der Waals surface area contributed by atoms with Gasteiger partial charge in [0, 0.05) is 11.3 Å². The van der Waals surface area contributed by atoms with Gasteiger partial charge in [0.15, 0.2) is 11.5 Å². The van der Waals surface area contributed by atoms with E-state index in [9.17, 15) is 5.11 Å². The number of hydrogen-bond donors (Lipinski definition) is 1. The van der Waals surface area contributed by atoms with E-state index in [1.165, 1.54) is 0 Å². The Morgan fingerprint density at radius 1 is 1.09 bits per heavy atom. The predicted molar refractivity (Wildman–Crippen MR) is 89.1 cm³/mol. The molecule has 0 spiro atoms. The molecule has 0 unspecified atom stereocenters. The predicted octanol–water partition coefficient (Wildman–Crippen LogP) is 4.28. The number of benzene rings is 1. The second-order valence-corrected chi connectivity index (χ2v) is 5.09. The molecule has 116 valence electrons. The smallest absolute Gasteiger partial charge is 0.312 e. The topological polar surface area (TPSA) is 71.5 Å². The molecule has 0 atom stereocenters. The molecule has 23 heavy (non-hydrogen) atoms. The summed E-state index contributed by atoms with van der Waals surface area (Å²) in [5.74, 6) is 0.735. The summed E-state index contributed by atoms with van der Waals surface area (Å²) in [6.07, 6.45) is 0.601. The van der Waals surface area contributed by atoms with Gasteiger partial charge in [-0.25, -0.2) is 15.0 Å². The quantitative estimate of drug-likeness (QED) is 0.730. The number of aliphatic imine (C=N–C) groups is 1. The van der Waals surface area contributed by atoms with Crippen LogP contribution in [0.1, 0.15) is 24.7 Å². The molecule has 5 heteroatoms. The molecule has 1 N–H and O–H groups in total. The van der Waals surface area contributed by atoms with Crippen LogP contribution in [0.15, 0.2) is 57.9 Å². The second kappa shape index (κ2) is 6.44. The largest absolute Gasteiger partial charge is 0.479 e. The van der Waals surface area contributed by atoms with Crippen molar-refractivity contribution < 1.29 is 9.52 Å². The van der Waals surface area contributed by atoms with Gasteiger partial charge in [-0.15, -0.1) is 0 Å². The van der Waals surface area contributed by atoms with Crippen molar-refractivity contribution in [2.24, 2.45) is 4.99 Å². The van der Waals surface area contributed by atoms with Crippen molar-refractivity contribution in [1.82, 2.24) is 9.97 Å². The van der Waals surface area contributed by atoms with E-state index in [0.717, 1.165) is 11.3 Å². The lowest BCUT2D eigenvalue weighted by Crippen LogP contribution is -2.00. The highest BCUT2D eigenvalue weighted by atomic mass is 16.5. The van der Waals surface area contributed by atoms with Crippen LogP contribution < -0.4 is 0 Å². The Balaban J connectivity index is 2.01. The number of nitrogens with zero attached hydrogens (tertiary/aromatic N) is 3. The van der Waals surface area contributed by atoms with Crippen LogP contribution in [0, 0.1) is 6.92 Å². The van der Waals surface area contributed by atoms with E-state index in [2.05, 4.69) is 15.0 Å². The first kappa shape index (κ1) is 15.0. The summed E-state index contributed by atoms with van der Waals surface area (Å²) in [6, 6.07) is 15.1. The number of pyridine rings is 1. The van der Waals surface area contributed by atoms with Crippen LogP contribution >= 0.6 is 0 Å². The molecule has 0 saturated heterocycles. The third-order valence-corrected chi connectivity index (χ3v) is 3.36. The molecule has 0 aliphatic rings. The zero-order valence-electron chi connectivity index (χ0n) is 13.0. The van der Waals surface area contributed by atoms with Crippen molar-refractivity contribution in [3.05, 3.63) is 59.9 Å². The van der Waals surface area contributed by atoms with Crippen molar-refractivity contribution in [2.75, 3.05) is 0 Å². The average molecular weight is 307 g/mol. The van der Waals surface area contributed by atoms with Crippen LogP contribution in [0.4, 0.5) is 5.82 Å². The lowest BCUT2D eigenvalue weighted by Gasteiger charge is -2.00. The van der Waals surface area contributed by atoms with Crippen molar-refractivity contribution in [2.45, 2.75) is 20.3 Å². The summed E-state index contributed by atoms with van der Waals surface area (Å²) in [4.78, 5) is 13.2. The number of aromatic hydroxyl groups is 1. The minimum Gasteiger partial charge on any atom is -0.479 e. The third-order valence-electron chi connectivity index (χ3n) is 3.36. The monoisotopic (exact) mass is 307 g/mol. The molecule has 0 fully saturated rings. The van der Waals surface area contributed by atoms with Crippen LogP contribution in [0.25, 0.3) is 11.5 Å². The van der Waals surface area contributed by atoms with Gasteiger partial charge in [-0.2, -0.15) is 0 Å². The maximum atomic E-state index is 10.1. The Kier molecular flexibility index (Phi) is 4.19. The normalized spacial score (nSPS) is 11.7. The highest BCUT2D eigenvalue weighted by Gasteiger charge is 2.18. The Morgan fingerprint density at radius 3 is 2.57 bits per heavy atom. The molecule has 3 aromatic rings. The maximum absolute atomic E-state index is 10.1. The molecule has 0 amide bonds. The Bertz CT molecular complexity index is 838. The molecule has 3 rings (SSSR count). The second-order valence-electron chi connectivity index (χ2n) is 5.09. The van der Waals surface area contributed by atoms with Crippen LogP contribution in [-0.2, 0) is 0 Å². The van der Waals surface area contributed by atoms with Crippen molar-refractivity contribution >= 4 is 11.5 Å². The number of aryl methyl sites for hydroxylation is 1. The fourth-order valence-corrected chi connectivity index (χ4v) is 2.23. The van der Waals surface area contributed by atoms with Gasteiger partial charge < -0.3 is 9.52 Å². The summed E-state index contributed by atoms with van der Waals surface area (Å²) in [6.45, 7) is 3.86. The molecule has 0 aliphatic carbocycles. The summed E-state index contributed by atoms with van der Waals surface area (Å²) in [5.41, 5.74) is 2.68. The lowest BCUT2D eigenvalue weighted by atomic mass is 10.2. The van der Waals surface area contributed by atoms with Crippen molar-refractivity contribution in [3.63, 3.8) is 0 Å². The first-order valence-electron chi connectivity index (χ1n) is 7.44. The van der Waals surface area contributed by atoms with E-state index >= 15 is 0 Å². The average Bonchev–Trinajstić information content (AvgIpc) is 2.95. The fraction of sp³-hybridized carbons (Fsp3) is 0.167. The Hall–Kier alpha value is -2.95. The third kappa shape index (κ3) is 3.29. The summed E-state index contributed by atoms with van der Waals surface area (Å²) in [5, 5.41) is 10.1. The zero-order valence-corrected chi connectivity index (χ0v) is 13.0. The molecule has 5 nitrogen and oxygen atoms in total. The highest BCUT2D eigenvalue weighted by Crippen LogP contribution is 2.28. The maximum Gasteiger partial charge on any atom is 0.312 e. The highest BCUT2D eigenvalue weighted by molar-refractivity contribution is 6.02. The summed E-state index contributed by atoms with van der Waals surface area (Å²) < 4.78 is 5.39. The molecule has 0 bridgehead atoms. The minimum absolute atomic E-state index is 0.225. The van der Waals surface area contributed by atoms with E-state index in [0.29, 0.717) is 29.5 Å². The van der Waals surface area contributed by atoms with E-state index in [-0.39, 0.29) is 5.95 Å². The van der Waals surface area contributed by atoms with Gasteiger partial charge in [0.05, 0.1) is 5.71 Å². The molecule has 0 saturated carbocycles. The van der Waals surface area contributed by atoms with E-state index in [1.807, 2.05) is 62.4 Å². The first-order chi connectivity index (χ1) is 11.2. The van der Waals surface area contributed by atoms with Crippen LogP contribution in [-0.4, -0.2) is 20.8 Å². The van der Waals surface area contributed by atoms with Gasteiger partial charge in [0.25, 0.3) is 0 Å². The van der Waals surface area contributed by atoms with Crippen molar-refractivity contribution in [1.29, 1.82) is 0 Å². The SMILES string of the molecule is CC/C(=N\c1cccc(C)n1)c1nc(-c2ccccc2)oc1O. The van der Waals surface area contributed by atoms with Gasteiger partial charge in [-0.05, 0) is 37.6 Å². The standard InChI is InChI=1S/C18H17N3O2/c1-3-14(20-15-11-7-8-12(2)19-15)16-18(22)23-17(21-16)13-9-5-4-6-10-13/h4-11,22H,3H2,1-2H3/b20-14+.